The average molecular weight is 367 g/mol. The number of hydrogen-bond acceptors (Lipinski definition) is 1. The van der Waals surface area contributed by atoms with Crippen molar-refractivity contribution in [3.05, 3.63) is 69.2 Å². The molecule has 0 unspecified atom stereocenters. The fraction of sp³-hybridized carbons (Fsp3) is 0.235. The van der Waals surface area contributed by atoms with Crippen molar-refractivity contribution in [2.75, 3.05) is 13.1 Å². The van der Waals surface area contributed by atoms with Crippen LogP contribution in [0.2, 0.25) is 5.02 Å². The summed E-state index contributed by atoms with van der Waals surface area (Å²) in [5, 5.41) is 0.610. The fourth-order valence-corrected chi connectivity index (χ4v) is 2.62. The molecule has 2 nitrogen and oxygen atoms in total. The first-order valence-corrected chi connectivity index (χ1v) is 8.07. The summed E-state index contributed by atoms with van der Waals surface area (Å²) in [6.07, 6.45) is 0.856. The Morgan fingerprint density at radius 3 is 2.52 bits per heavy atom. The van der Waals surface area contributed by atoms with E-state index >= 15 is 0 Å². The molecule has 0 spiro atoms. The summed E-state index contributed by atoms with van der Waals surface area (Å²) in [5.74, 6) is 0.0331. The lowest BCUT2D eigenvalue weighted by Gasteiger charge is -2.21. The van der Waals surface area contributed by atoms with E-state index in [1.165, 1.54) is 5.56 Å². The molecule has 21 heavy (non-hydrogen) atoms. The SMILES string of the molecule is CCN(CCc1ccccc1)C(=O)c1ccc(Cl)c(Br)c1. The minimum Gasteiger partial charge on any atom is -0.339 e. The number of rotatable bonds is 5. The van der Waals surface area contributed by atoms with Crippen LogP contribution in [0.5, 0.6) is 0 Å². The summed E-state index contributed by atoms with van der Waals surface area (Å²) in [6, 6.07) is 15.5. The van der Waals surface area contributed by atoms with Gasteiger partial charge in [-0.15, -0.1) is 0 Å². The Bertz CT molecular complexity index is 615. The Morgan fingerprint density at radius 1 is 1.19 bits per heavy atom. The zero-order valence-electron chi connectivity index (χ0n) is 11.9. The Balaban J connectivity index is 2.06. The summed E-state index contributed by atoms with van der Waals surface area (Å²) in [7, 11) is 0. The zero-order chi connectivity index (χ0) is 15.2. The third kappa shape index (κ3) is 4.32. The standard InChI is InChI=1S/C17H17BrClNO/c1-2-20(11-10-13-6-4-3-5-7-13)17(21)14-8-9-16(19)15(18)12-14/h3-9,12H,2,10-11H2,1H3. The molecule has 4 heteroatoms. The molecular formula is C17H17BrClNO. The second-order valence-electron chi connectivity index (χ2n) is 4.75. The maximum Gasteiger partial charge on any atom is 0.253 e. The van der Waals surface area contributed by atoms with Gasteiger partial charge in [0, 0.05) is 23.1 Å². The van der Waals surface area contributed by atoms with Gasteiger partial charge in [0.2, 0.25) is 0 Å². The number of hydrogen-bond donors (Lipinski definition) is 0. The van der Waals surface area contributed by atoms with E-state index in [1.807, 2.05) is 30.0 Å². The normalized spacial score (nSPS) is 10.4. The fourth-order valence-electron chi connectivity index (χ4n) is 2.12. The van der Waals surface area contributed by atoms with Crippen LogP contribution >= 0.6 is 27.5 Å². The van der Waals surface area contributed by atoms with Crippen LogP contribution in [0.3, 0.4) is 0 Å². The Morgan fingerprint density at radius 2 is 1.90 bits per heavy atom. The Labute approximate surface area is 138 Å². The van der Waals surface area contributed by atoms with Gasteiger partial charge in [0.15, 0.2) is 0 Å². The third-order valence-electron chi connectivity index (χ3n) is 3.35. The van der Waals surface area contributed by atoms with Crippen molar-refractivity contribution in [2.45, 2.75) is 13.3 Å². The summed E-state index contributed by atoms with van der Waals surface area (Å²) in [5.41, 5.74) is 1.89. The minimum absolute atomic E-state index is 0.0331. The molecule has 0 fully saturated rings. The number of benzene rings is 2. The highest BCUT2D eigenvalue weighted by molar-refractivity contribution is 9.10. The van der Waals surface area contributed by atoms with E-state index in [9.17, 15) is 4.79 Å². The zero-order valence-corrected chi connectivity index (χ0v) is 14.2. The lowest BCUT2D eigenvalue weighted by Crippen LogP contribution is -2.32. The van der Waals surface area contributed by atoms with Crippen LogP contribution < -0.4 is 0 Å². The molecule has 0 heterocycles. The molecule has 0 aliphatic carbocycles. The van der Waals surface area contributed by atoms with E-state index in [4.69, 9.17) is 11.6 Å². The molecule has 2 aromatic rings. The predicted octanol–water partition coefficient (Wildman–Crippen LogP) is 4.81. The number of likely N-dealkylation sites (N-methyl/N-ethyl adjacent to an activating group) is 1. The molecule has 0 radical (unpaired) electrons. The van der Waals surface area contributed by atoms with Crippen molar-refractivity contribution in [3.63, 3.8) is 0 Å². The van der Waals surface area contributed by atoms with Crippen LogP contribution in [0.1, 0.15) is 22.8 Å². The molecule has 0 aliphatic heterocycles. The van der Waals surface area contributed by atoms with Gasteiger partial charge < -0.3 is 4.90 Å². The molecule has 1 amide bonds. The number of halogens is 2. The van der Waals surface area contributed by atoms with Crippen LogP contribution in [0.4, 0.5) is 0 Å². The van der Waals surface area contributed by atoms with Gasteiger partial charge >= 0.3 is 0 Å². The number of amides is 1. The Kier molecular flexibility index (Phi) is 5.83. The van der Waals surface area contributed by atoms with Crippen LogP contribution in [-0.2, 0) is 6.42 Å². The van der Waals surface area contributed by atoms with E-state index < -0.39 is 0 Å². The van der Waals surface area contributed by atoms with Crippen molar-refractivity contribution < 1.29 is 4.79 Å². The van der Waals surface area contributed by atoms with Crippen molar-refractivity contribution >= 4 is 33.4 Å². The highest BCUT2D eigenvalue weighted by atomic mass is 79.9. The van der Waals surface area contributed by atoms with E-state index in [2.05, 4.69) is 28.1 Å². The van der Waals surface area contributed by atoms with E-state index in [1.54, 1.807) is 18.2 Å². The lowest BCUT2D eigenvalue weighted by molar-refractivity contribution is 0.0766. The average Bonchev–Trinajstić information content (AvgIpc) is 2.51. The topological polar surface area (TPSA) is 20.3 Å². The highest BCUT2D eigenvalue weighted by Crippen LogP contribution is 2.23. The van der Waals surface area contributed by atoms with Crippen molar-refractivity contribution in [1.29, 1.82) is 0 Å². The molecule has 0 aliphatic rings. The maximum atomic E-state index is 12.5. The van der Waals surface area contributed by atoms with Crippen LogP contribution in [-0.4, -0.2) is 23.9 Å². The first-order valence-electron chi connectivity index (χ1n) is 6.90. The van der Waals surface area contributed by atoms with Gasteiger partial charge in [0.25, 0.3) is 5.91 Å². The summed E-state index contributed by atoms with van der Waals surface area (Å²) in [6.45, 7) is 3.39. The number of carbonyl (C=O) groups excluding carboxylic acids is 1. The molecule has 0 N–H and O–H groups in total. The van der Waals surface area contributed by atoms with Gasteiger partial charge in [-0.3, -0.25) is 4.79 Å². The van der Waals surface area contributed by atoms with Crippen molar-refractivity contribution in [1.82, 2.24) is 4.90 Å². The minimum atomic E-state index is 0.0331. The van der Waals surface area contributed by atoms with Gasteiger partial charge in [-0.25, -0.2) is 0 Å². The van der Waals surface area contributed by atoms with Crippen LogP contribution in [0.15, 0.2) is 53.0 Å². The molecule has 0 saturated carbocycles. The van der Waals surface area contributed by atoms with E-state index in [0.29, 0.717) is 23.7 Å². The second-order valence-corrected chi connectivity index (χ2v) is 6.01. The summed E-state index contributed by atoms with van der Waals surface area (Å²) in [4.78, 5) is 14.4. The molecule has 2 rings (SSSR count). The van der Waals surface area contributed by atoms with Gasteiger partial charge in [0.1, 0.15) is 0 Å². The van der Waals surface area contributed by atoms with Gasteiger partial charge in [-0.2, -0.15) is 0 Å². The van der Waals surface area contributed by atoms with Crippen molar-refractivity contribution in [2.24, 2.45) is 0 Å². The van der Waals surface area contributed by atoms with Gasteiger partial charge in [-0.1, -0.05) is 41.9 Å². The molecular weight excluding hydrogens is 350 g/mol. The molecule has 0 atom stereocenters. The molecule has 110 valence electrons. The van der Waals surface area contributed by atoms with Crippen LogP contribution in [0.25, 0.3) is 0 Å². The molecule has 0 bridgehead atoms. The Hall–Kier alpha value is -1.32. The predicted molar refractivity (Wildman–Crippen MR) is 90.9 cm³/mol. The highest BCUT2D eigenvalue weighted by Gasteiger charge is 2.15. The summed E-state index contributed by atoms with van der Waals surface area (Å²) < 4.78 is 0.745. The first kappa shape index (κ1) is 16.1. The van der Waals surface area contributed by atoms with Crippen molar-refractivity contribution in [3.8, 4) is 0 Å². The smallest absolute Gasteiger partial charge is 0.253 e. The monoisotopic (exact) mass is 365 g/mol. The first-order chi connectivity index (χ1) is 10.1. The maximum absolute atomic E-state index is 12.5. The quantitative estimate of drug-likeness (QED) is 0.744. The largest absolute Gasteiger partial charge is 0.339 e. The third-order valence-corrected chi connectivity index (χ3v) is 4.56. The molecule has 0 aromatic heterocycles. The molecule has 0 saturated heterocycles. The van der Waals surface area contributed by atoms with Crippen LogP contribution in [0, 0.1) is 0 Å². The van der Waals surface area contributed by atoms with E-state index in [0.717, 1.165) is 10.9 Å². The van der Waals surface area contributed by atoms with Gasteiger partial charge in [-0.05, 0) is 53.0 Å². The summed E-state index contributed by atoms with van der Waals surface area (Å²) >= 11 is 9.33. The molecule has 2 aromatic carbocycles. The van der Waals surface area contributed by atoms with Gasteiger partial charge in [0.05, 0.1) is 5.02 Å². The van der Waals surface area contributed by atoms with E-state index in [-0.39, 0.29) is 5.91 Å². The second kappa shape index (κ2) is 7.62. The number of carbonyl (C=O) groups is 1. The number of nitrogens with zero attached hydrogens (tertiary/aromatic N) is 1. The lowest BCUT2D eigenvalue weighted by atomic mass is 10.1.